The number of carbonyl (C=O) groups is 4. The van der Waals surface area contributed by atoms with Crippen LogP contribution in [0.5, 0.6) is 5.75 Å². The predicted molar refractivity (Wildman–Crippen MR) is 112 cm³/mol. The van der Waals surface area contributed by atoms with Crippen molar-refractivity contribution in [2.24, 2.45) is 0 Å². The van der Waals surface area contributed by atoms with E-state index >= 15 is 0 Å². The lowest BCUT2D eigenvalue weighted by Crippen LogP contribution is -2.31. The van der Waals surface area contributed by atoms with E-state index in [9.17, 15) is 24.3 Å². The van der Waals surface area contributed by atoms with Crippen molar-refractivity contribution < 1.29 is 29.4 Å². The summed E-state index contributed by atoms with van der Waals surface area (Å²) in [6, 6.07) is 10.4. The third kappa shape index (κ3) is 5.00. The number of imide groups is 1. The summed E-state index contributed by atoms with van der Waals surface area (Å²) in [5.74, 6) is -2.77. The van der Waals surface area contributed by atoms with Crippen molar-refractivity contribution in [3.8, 4) is 5.75 Å². The minimum Gasteiger partial charge on any atom is -0.507 e. The van der Waals surface area contributed by atoms with Gasteiger partial charge in [-0.15, -0.1) is 0 Å². The van der Waals surface area contributed by atoms with Gasteiger partial charge in [-0.1, -0.05) is 23.7 Å². The number of phenols is 1. The molecule has 0 spiro atoms. The van der Waals surface area contributed by atoms with Gasteiger partial charge in [-0.2, -0.15) is 0 Å². The van der Waals surface area contributed by atoms with Gasteiger partial charge in [-0.05, 0) is 47.7 Å². The second-order valence-electron chi connectivity index (χ2n) is 6.22. The molecule has 3 rings (SSSR count). The fourth-order valence-corrected chi connectivity index (χ4v) is 3.62. The first-order valence-corrected chi connectivity index (χ1v) is 9.81. The number of nitrogens with one attached hydrogen (secondary N) is 1. The number of carbonyl (C=O) groups excluding carboxylic acids is 3. The highest BCUT2D eigenvalue weighted by molar-refractivity contribution is 8.18. The summed E-state index contributed by atoms with van der Waals surface area (Å²) in [4.78, 5) is 48.9. The van der Waals surface area contributed by atoms with E-state index in [2.05, 4.69) is 5.32 Å². The fourth-order valence-electron chi connectivity index (χ4n) is 2.63. The number of carboxylic acid groups (broad SMARTS) is 1. The van der Waals surface area contributed by atoms with Gasteiger partial charge in [0, 0.05) is 29.7 Å². The van der Waals surface area contributed by atoms with Crippen LogP contribution in [0.25, 0.3) is 6.08 Å². The Hall–Kier alpha value is -3.30. The number of amides is 3. The van der Waals surface area contributed by atoms with Crippen LogP contribution in [0.3, 0.4) is 0 Å². The van der Waals surface area contributed by atoms with Crippen molar-refractivity contribution in [1.82, 2.24) is 4.90 Å². The summed E-state index contributed by atoms with van der Waals surface area (Å²) in [7, 11) is 0. The zero-order chi connectivity index (χ0) is 21.8. The van der Waals surface area contributed by atoms with Crippen LogP contribution in [-0.2, 0) is 9.59 Å². The molecule has 1 heterocycles. The summed E-state index contributed by atoms with van der Waals surface area (Å²) in [5.41, 5.74) is 0.616. The Kier molecular flexibility index (Phi) is 6.43. The summed E-state index contributed by atoms with van der Waals surface area (Å²) < 4.78 is 0. The van der Waals surface area contributed by atoms with Crippen LogP contribution in [0.15, 0.2) is 47.4 Å². The van der Waals surface area contributed by atoms with Crippen molar-refractivity contribution in [2.75, 3.05) is 11.9 Å². The molecule has 0 atom stereocenters. The predicted octanol–water partition coefficient (Wildman–Crippen LogP) is 3.81. The van der Waals surface area contributed by atoms with E-state index in [1.54, 1.807) is 30.3 Å². The molecule has 1 aliphatic rings. The van der Waals surface area contributed by atoms with Gasteiger partial charge in [0.1, 0.15) is 11.3 Å². The number of aromatic carboxylic acids is 1. The highest BCUT2D eigenvalue weighted by Gasteiger charge is 2.35. The van der Waals surface area contributed by atoms with Gasteiger partial charge < -0.3 is 15.5 Å². The molecule has 30 heavy (non-hydrogen) atoms. The average molecular weight is 447 g/mol. The molecule has 0 bridgehead atoms. The lowest BCUT2D eigenvalue weighted by molar-refractivity contribution is -0.123. The van der Waals surface area contributed by atoms with Crippen molar-refractivity contribution in [2.45, 2.75) is 6.42 Å². The molecule has 0 aliphatic carbocycles. The Morgan fingerprint density at radius 2 is 1.83 bits per heavy atom. The van der Waals surface area contributed by atoms with Gasteiger partial charge in [-0.25, -0.2) is 4.79 Å². The Bertz CT molecular complexity index is 1070. The lowest BCUT2D eigenvalue weighted by atomic mass is 10.2. The zero-order valence-electron chi connectivity index (χ0n) is 15.3. The van der Waals surface area contributed by atoms with Crippen LogP contribution in [0.4, 0.5) is 10.5 Å². The summed E-state index contributed by atoms with van der Waals surface area (Å²) >= 11 is 6.62. The van der Waals surface area contributed by atoms with Crippen molar-refractivity contribution in [3.63, 3.8) is 0 Å². The van der Waals surface area contributed by atoms with E-state index in [0.29, 0.717) is 10.6 Å². The second-order valence-corrected chi connectivity index (χ2v) is 7.65. The third-order valence-corrected chi connectivity index (χ3v) is 5.28. The van der Waals surface area contributed by atoms with E-state index in [0.717, 1.165) is 28.8 Å². The van der Waals surface area contributed by atoms with Crippen molar-refractivity contribution >= 4 is 58.1 Å². The first-order chi connectivity index (χ1) is 14.2. The van der Waals surface area contributed by atoms with Crippen molar-refractivity contribution in [1.29, 1.82) is 0 Å². The van der Waals surface area contributed by atoms with Gasteiger partial charge >= 0.3 is 5.97 Å². The van der Waals surface area contributed by atoms with Gasteiger partial charge in [0.2, 0.25) is 5.91 Å². The number of thioether (sulfide) groups is 1. The van der Waals surface area contributed by atoms with Crippen LogP contribution in [0.2, 0.25) is 5.02 Å². The molecular formula is C20H15ClN2O6S. The van der Waals surface area contributed by atoms with E-state index in [1.165, 1.54) is 6.07 Å². The highest BCUT2D eigenvalue weighted by atomic mass is 35.5. The summed E-state index contributed by atoms with van der Waals surface area (Å²) in [5, 5.41) is 21.1. The van der Waals surface area contributed by atoms with Crippen LogP contribution in [0, 0.1) is 0 Å². The number of halogens is 1. The van der Waals surface area contributed by atoms with Gasteiger partial charge in [0.25, 0.3) is 11.1 Å². The number of benzene rings is 2. The third-order valence-electron chi connectivity index (χ3n) is 4.12. The summed E-state index contributed by atoms with van der Waals surface area (Å²) in [6.07, 6.45) is 1.42. The van der Waals surface area contributed by atoms with E-state index in [1.807, 2.05) is 0 Å². The molecule has 2 aromatic rings. The molecule has 154 valence electrons. The first-order valence-electron chi connectivity index (χ1n) is 8.61. The SMILES string of the molecule is O=C(CCN1C(=O)SC(=Cc2ccc(Cl)cc2)C1=O)Nc1ccc(C(=O)O)c(O)c1. The normalized spacial score (nSPS) is 15.0. The maximum Gasteiger partial charge on any atom is 0.339 e. The number of rotatable bonds is 6. The zero-order valence-corrected chi connectivity index (χ0v) is 16.9. The maximum absolute atomic E-state index is 12.5. The second kappa shape index (κ2) is 9.02. The van der Waals surface area contributed by atoms with Gasteiger partial charge in [0.05, 0.1) is 4.91 Å². The molecule has 8 nitrogen and oxygen atoms in total. The number of hydrogen-bond acceptors (Lipinski definition) is 6. The van der Waals surface area contributed by atoms with Gasteiger partial charge in [0.15, 0.2) is 0 Å². The molecule has 0 unspecified atom stereocenters. The van der Waals surface area contributed by atoms with Crippen LogP contribution in [-0.4, -0.2) is 44.7 Å². The molecule has 3 N–H and O–H groups in total. The van der Waals surface area contributed by atoms with Gasteiger partial charge in [-0.3, -0.25) is 19.3 Å². The smallest absolute Gasteiger partial charge is 0.339 e. The maximum atomic E-state index is 12.5. The molecule has 10 heteroatoms. The number of carboxylic acids is 1. The molecule has 1 fully saturated rings. The number of hydrogen-bond donors (Lipinski definition) is 3. The molecule has 1 saturated heterocycles. The van der Waals surface area contributed by atoms with Crippen LogP contribution in [0.1, 0.15) is 22.3 Å². The molecule has 3 amide bonds. The molecule has 0 radical (unpaired) electrons. The largest absolute Gasteiger partial charge is 0.507 e. The molecule has 0 aromatic heterocycles. The number of aromatic hydroxyl groups is 1. The standard InChI is InChI=1S/C20H15ClN2O6S/c21-12-3-1-11(2-4-12)9-16-18(26)23(20(29)30-16)8-7-17(25)22-13-5-6-14(19(27)28)15(24)10-13/h1-6,9-10,24H,7-8H2,(H,22,25)(H,27,28). The number of anilines is 1. The molecular weight excluding hydrogens is 432 g/mol. The minimum atomic E-state index is -1.30. The quantitative estimate of drug-likeness (QED) is 0.576. The molecule has 1 aliphatic heterocycles. The Morgan fingerprint density at radius 1 is 1.13 bits per heavy atom. The Labute approximate surface area is 180 Å². The van der Waals surface area contributed by atoms with Crippen molar-refractivity contribution in [3.05, 3.63) is 63.5 Å². The van der Waals surface area contributed by atoms with E-state index in [4.69, 9.17) is 16.7 Å². The monoisotopic (exact) mass is 446 g/mol. The van der Waals surface area contributed by atoms with Crippen LogP contribution >= 0.6 is 23.4 Å². The fraction of sp³-hybridized carbons (Fsp3) is 0.100. The Balaban J connectivity index is 1.60. The lowest BCUT2D eigenvalue weighted by Gasteiger charge is -2.12. The highest BCUT2D eigenvalue weighted by Crippen LogP contribution is 2.32. The average Bonchev–Trinajstić information content (AvgIpc) is 2.94. The first kappa shape index (κ1) is 21.4. The van der Waals surface area contributed by atoms with Crippen LogP contribution < -0.4 is 5.32 Å². The van der Waals surface area contributed by atoms with E-state index < -0.39 is 28.8 Å². The topological polar surface area (TPSA) is 124 Å². The van der Waals surface area contributed by atoms with E-state index in [-0.39, 0.29) is 29.1 Å². The number of nitrogens with zero attached hydrogens (tertiary/aromatic N) is 1. The molecule has 0 saturated carbocycles. The summed E-state index contributed by atoms with van der Waals surface area (Å²) in [6.45, 7) is -0.117. The molecule has 2 aromatic carbocycles. The Morgan fingerprint density at radius 3 is 2.47 bits per heavy atom. The minimum absolute atomic E-state index is 0.117.